The Morgan fingerprint density at radius 2 is 1.84 bits per heavy atom. The number of carboxylic acids is 1. The highest BCUT2D eigenvalue weighted by Gasteiger charge is 2.29. The molecule has 3 rings (SSSR count). The summed E-state index contributed by atoms with van der Waals surface area (Å²) in [5, 5.41) is 10.4. The molecule has 0 amide bonds. The van der Waals surface area contributed by atoms with E-state index >= 15 is 0 Å². The first-order valence-corrected chi connectivity index (χ1v) is 10.5. The van der Waals surface area contributed by atoms with Crippen LogP contribution in [0.15, 0.2) is 54.1 Å². The molecular formula is C21H18F3NO5S. The van der Waals surface area contributed by atoms with Gasteiger partial charge in [0.05, 0.1) is 23.6 Å². The minimum atomic E-state index is -4.48. The quantitative estimate of drug-likeness (QED) is 0.568. The second-order valence-electron chi connectivity index (χ2n) is 6.69. The molecule has 1 N–H and O–H groups in total. The van der Waals surface area contributed by atoms with Gasteiger partial charge in [0.2, 0.25) is 0 Å². The summed E-state index contributed by atoms with van der Waals surface area (Å²) in [7, 11) is -2.58. The number of rotatable bonds is 7. The Balaban J connectivity index is 1.99. The third kappa shape index (κ3) is 5.08. The molecule has 3 aromatic rings. The van der Waals surface area contributed by atoms with Gasteiger partial charge in [-0.1, -0.05) is 12.1 Å². The van der Waals surface area contributed by atoms with Crippen molar-refractivity contribution in [3.05, 3.63) is 70.8 Å². The van der Waals surface area contributed by atoms with E-state index in [1.54, 1.807) is 18.2 Å². The normalized spacial score (nSPS) is 12.5. The van der Waals surface area contributed by atoms with Crippen molar-refractivity contribution in [2.45, 2.75) is 19.0 Å². The second kappa shape index (κ2) is 8.46. The average molecular weight is 453 g/mol. The number of hydrogen-bond acceptors (Lipinski definition) is 4. The molecule has 164 valence electrons. The predicted molar refractivity (Wildman–Crippen MR) is 109 cm³/mol. The van der Waals surface area contributed by atoms with E-state index in [1.807, 2.05) is 0 Å². The van der Waals surface area contributed by atoms with Crippen LogP contribution in [0.3, 0.4) is 0 Å². The third-order valence-corrected chi connectivity index (χ3v) is 5.94. The van der Waals surface area contributed by atoms with Crippen molar-refractivity contribution < 1.29 is 36.2 Å². The van der Waals surface area contributed by atoms with Crippen molar-refractivity contribution >= 4 is 33.0 Å². The monoisotopic (exact) mass is 453 g/mol. The molecule has 0 aliphatic rings. The summed E-state index contributed by atoms with van der Waals surface area (Å²) in [5.41, 5.74) is 0.294. The molecule has 0 aliphatic carbocycles. The van der Waals surface area contributed by atoms with Gasteiger partial charge in [0.1, 0.15) is 5.75 Å². The second-order valence-corrected chi connectivity index (χ2v) is 8.39. The number of fused-ring (bicyclic) bond motifs is 1. The number of aromatic nitrogens is 1. The highest BCUT2D eigenvalue weighted by atomic mass is 32.2. The van der Waals surface area contributed by atoms with Gasteiger partial charge in [-0.2, -0.15) is 13.2 Å². The maximum atomic E-state index is 12.9. The summed E-state index contributed by atoms with van der Waals surface area (Å²) >= 11 is 0. The van der Waals surface area contributed by atoms with Crippen LogP contribution >= 0.6 is 0 Å². The summed E-state index contributed by atoms with van der Waals surface area (Å²) in [4.78, 5) is 10.9. The molecular weight excluding hydrogens is 435 g/mol. The van der Waals surface area contributed by atoms with E-state index in [9.17, 15) is 26.4 Å². The Morgan fingerprint density at radius 1 is 1.16 bits per heavy atom. The Labute approximate surface area is 176 Å². The fourth-order valence-corrected chi connectivity index (χ4v) is 4.20. The smallest absolute Gasteiger partial charge is 0.416 e. The Morgan fingerprint density at radius 3 is 2.42 bits per heavy atom. The van der Waals surface area contributed by atoms with Crippen LogP contribution in [0.4, 0.5) is 13.2 Å². The lowest BCUT2D eigenvalue weighted by atomic mass is 10.1. The maximum Gasteiger partial charge on any atom is 0.416 e. The molecule has 31 heavy (non-hydrogen) atoms. The number of alkyl halides is 3. The first-order chi connectivity index (χ1) is 14.5. The van der Waals surface area contributed by atoms with Crippen LogP contribution in [-0.4, -0.2) is 30.6 Å². The average Bonchev–Trinajstić information content (AvgIpc) is 3.09. The third-order valence-electron chi connectivity index (χ3n) is 4.61. The van der Waals surface area contributed by atoms with Crippen molar-refractivity contribution in [2.24, 2.45) is 0 Å². The lowest BCUT2D eigenvalue weighted by molar-refractivity contribution is -0.138. The fraction of sp³-hybridized carbons (Fsp3) is 0.190. The van der Waals surface area contributed by atoms with Gasteiger partial charge < -0.3 is 9.84 Å². The number of halogens is 3. The van der Waals surface area contributed by atoms with Gasteiger partial charge in [-0.3, -0.25) is 4.79 Å². The zero-order valence-corrected chi connectivity index (χ0v) is 17.1. The van der Waals surface area contributed by atoms with Gasteiger partial charge >= 0.3 is 12.1 Å². The number of nitrogens with zero attached hydrogens (tertiary/aromatic N) is 1. The van der Waals surface area contributed by atoms with Gasteiger partial charge in [0, 0.05) is 18.0 Å². The Hall–Kier alpha value is -3.27. The zero-order chi connectivity index (χ0) is 22.8. The van der Waals surface area contributed by atoms with Crippen LogP contribution in [0, 0.1) is 0 Å². The number of ether oxygens (including phenoxy) is 1. The molecule has 0 fully saturated rings. The van der Waals surface area contributed by atoms with Gasteiger partial charge in [-0.15, -0.1) is 0 Å². The molecule has 0 aliphatic heterocycles. The molecule has 10 heteroatoms. The molecule has 0 saturated carbocycles. The zero-order valence-electron chi connectivity index (χ0n) is 16.3. The van der Waals surface area contributed by atoms with E-state index in [-0.39, 0.29) is 18.4 Å². The SMILES string of the molecule is COc1ccc2c(c1)c(CCC(=O)O)cn2S(=O)(=O)C=Cc1ccc(C(F)(F)F)cc1. The summed E-state index contributed by atoms with van der Waals surface area (Å²) in [6, 6.07) is 8.83. The van der Waals surface area contributed by atoms with Crippen LogP contribution in [0.2, 0.25) is 0 Å². The van der Waals surface area contributed by atoms with E-state index in [0.29, 0.717) is 22.2 Å². The lowest BCUT2D eigenvalue weighted by Gasteiger charge is -2.06. The van der Waals surface area contributed by atoms with E-state index < -0.39 is 27.7 Å². The fourth-order valence-electron chi connectivity index (χ4n) is 3.04. The molecule has 0 bridgehead atoms. The van der Waals surface area contributed by atoms with Gasteiger partial charge in [-0.25, -0.2) is 12.4 Å². The van der Waals surface area contributed by atoms with Gasteiger partial charge in [0.15, 0.2) is 0 Å². The number of methoxy groups -OCH3 is 1. The van der Waals surface area contributed by atoms with Gasteiger partial charge in [0.25, 0.3) is 10.0 Å². The minimum Gasteiger partial charge on any atom is -0.497 e. The van der Waals surface area contributed by atoms with Crippen LogP contribution in [0.5, 0.6) is 5.75 Å². The number of aliphatic carboxylic acids is 1. The molecule has 0 radical (unpaired) electrons. The van der Waals surface area contributed by atoms with E-state index in [2.05, 4.69) is 0 Å². The first-order valence-electron chi connectivity index (χ1n) is 9.02. The maximum absolute atomic E-state index is 12.9. The van der Waals surface area contributed by atoms with Crippen LogP contribution < -0.4 is 4.74 Å². The van der Waals surface area contributed by atoms with Crippen LogP contribution in [0.1, 0.15) is 23.1 Å². The highest BCUT2D eigenvalue weighted by molar-refractivity contribution is 7.93. The van der Waals surface area contributed by atoms with Gasteiger partial charge in [-0.05, 0) is 54.0 Å². The van der Waals surface area contributed by atoms with E-state index in [0.717, 1.165) is 21.5 Å². The topological polar surface area (TPSA) is 85.6 Å². The number of carboxylic acid groups (broad SMARTS) is 1. The molecule has 0 spiro atoms. The molecule has 2 aromatic carbocycles. The summed E-state index contributed by atoms with van der Waals surface area (Å²) in [5.74, 6) is -0.534. The largest absolute Gasteiger partial charge is 0.497 e. The Kier molecular flexibility index (Phi) is 6.12. The predicted octanol–water partition coefficient (Wildman–Crippen LogP) is 4.53. The summed E-state index contributed by atoms with van der Waals surface area (Å²) in [6.07, 6.45) is -2.01. The number of hydrogen-bond donors (Lipinski definition) is 1. The first kappa shape index (κ1) is 22.4. The molecule has 0 saturated heterocycles. The highest BCUT2D eigenvalue weighted by Crippen LogP contribution is 2.30. The molecule has 1 aromatic heterocycles. The van der Waals surface area contributed by atoms with Crippen molar-refractivity contribution in [1.82, 2.24) is 3.97 Å². The van der Waals surface area contributed by atoms with Crippen molar-refractivity contribution in [3.63, 3.8) is 0 Å². The summed E-state index contributed by atoms with van der Waals surface area (Å²) < 4.78 is 70.0. The number of carbonyl (C=O) groups is 1. The van der Waals surface area contributed by atoms with Crippen molar-refractivity contribution in [2.75, 3.05) is 7.11 Å². The van der Waals surface area contributed by atoms with E-state index in [1.165, 1.54) is 31.5 Å². The number of aryl methyl sites for hydroxylation is 1. The Bertz CT molecular complexity index is 1240. The van der Waals surface area contributed by atoms with Crippen LogP contribution in [-0.2, 0) is 27.4 Å². The van der Waals surface area contributed by atoms with Crippen molar-refractivity contribution in [1.29, 1.82) is 0 Å². The minimum absolute atomic E-state index is 0.115. The van der Waals surface area contributed by atoms with Crippen molar-refractivity contribution in [3.8, 4) is 5.75 Å². The van der Waals surface area contributed by atoms with Crippen LogP contribution in [0.25, 0.3) is 17.0 Å². The standard InChI is InChI=1S/C21H18F3NO5S/c1-30-17-7-8-19-18(12-17)15(4-9-20(26)27)13-25(19)31(28,29)11-10-14-2-5-16(6-3-14)21(22,23)24/h2-3,5-8,10-13H,4,9H2,1H3,(H,26,27). The van der Waals surface area contributed by atoms with E-state index in [4.69, 9.17) is 9.84 Å². The molecule has 6 nitrogen and oxygen atoms in total. The number of benzene rings is 2. The summed E-state index contributed by atoms with van der Waals surface area (Å²) in [6.45, 7) is 0. The molecule has 0 unspecified atom stereocenters. The molecule has 0 atom stereocenters. The molecule has 1 heterocycles. The lowest BCUT2D eigenvalue weighted by Crippen LogP contribution is -2.07.